The minimum Gasteiger partial charge on any atom is -0.490 e. The highest BCUT2D eigenvalue weighted by molar-refractivity contribution is 9.10. The molecule has 6 heteroatoms. The summed E-state index contributed by atoms with van der Waals surface area (Å²) in [6, 6.07) is 20.5. The maximum absolute atomic E-state index is 12.1. The van der Waals surface area contributed by atoms with Crippen LogP contribution < -0.4 is 9.47 Å². The van der Waals surface area contributed by atoms with Gasteiger partial charge in [0.25, 0.3) is 0 Å². The van der Waals surface area contributed by atoms with Crippen molar-refractivity contribution < 1.29 is 19.1 Å². The molecule has 0 unspecified atom stereocenters. The second kappa shape index (κ2) is 10.6. The van der Waals surface area contributed by atoms with Gasteiger partial charge >= 0.3 is 5.97 Å². The van der Waals surface area contributed by atoms with Crippen LogP contribution in [0.2, 0.25) is 0 Å². The van der Waals surface area contributed by atoms with Crippen LogP contribution in [0.25, 0.3) is 0 Å². The second-order valence-corrected chi connectivity index (χ2v) is 7.30. The summed E-state index contributed by atoms with van der Waals surface area (Å²) < 4.78 is 12.3. The van der Waals surface area contributed by atoms with Crippen LogP contribution in [-0.2, 0) is 11.4 Å². The van der Waals surface area contributed by atoms with Gasteiger partial charge < -0.3 is 14.3 Å². The van der Waals surface area contributed by atoms with Gasteiger partial charge in [0, 0.05) is 10.0 Å². The molecule has 0 N–H and O–H groups in total. The Labute approximate surface area is 184 Å². The summed E-state index contributed by atoms with van der Waals surface area (Å²) in [5.74, 6) is 0.705. The lowest BCUT2D eigenvalue weighted by atomic mass is 10.1. The van der Waals surface area contributed by atoms with Crippen LogP contribution in [-0.4, -0.2) is 18.8 Å². The second-order valence-electron chi connectivity index (χ2n) is 6.45. The Hall–Kier alpha value is -3.12. The molecule has 0 spiro atoms. The lowest BCUT2D eigenvalue weighted by molar-refractivity contribution is 0.0518. The fourth-order valence-electron chi connectivity index (χ4n) is 2.73. The summed E-state index contributed by atoms with van der Waals surface area (Å²) in [5, 5.41) is 3.80. The quantitative estimate of drug-likeness (QED) is 0.234. The van der Waals surface area contributed by atoms with Gasteiger partial charge in [0.15, 0.2) is 11.5 Å². The zero-order chi connectivity index (χ0) is 21.3. The molecule has 154 valence electrons. The highest BCUT2D eigenvalue weighted by Gasteiger charge is 2.11. The van der Waals surface area contributed by atoms with E-state index in [0.29, 0.717) is 34.7 Å². The number of nitrogens with zero attached hydrogens (tertiary/aromatic N) is 1. The maximum atomic E-state index is 12.1. The number of carbonyl (C=O) groups is 1. The molecular weight excluding hydrogens is 446 g/mol. The molecule has 0 radical (unpaired) electrons. The highest BCUT2D eigenvalue weighted by atomic mass is 79.9. The summed E-state index contributed by atoms with van der Waals surface area (Å²) in [6.07, 6.45) is 1.46. The highest BCUT2D eigenvalue weighted by Crippen LogP contribution is 2.29. The zero-order valence-electron chi connectivity index (χ0n) is 16.8. The lowest BCUT2D eigenvalue weighted by Gasteiger charge is -2.13. The van der Waals surface area contributed by atoms with Crippen LogP contribution in [0, 0.1) is 6.92 Å². The molecule has 0 saturated heterocycles. The van der Waals surface area contributed by atoms with Gasteiger partial charge in [0.2, 0.25) is 0 Å². The number of ether oxygens (including phenoxy) is 2. The average molecular weight is 468 g/mol. The molecular formula is C24H22BrNO4. The molecule has 0 fully saturated rings. The molecule has 30 heavy (non-hydrogen) atoms. The summed E-state index contributed by atoms with van der Waals surface area (Å²) >= 11 is 3.32. The van der Waals surface area contributed by atoms with Gasteiger partial charge in [-0.05, 0) is 71.2 Å². The van der Waals surface area contributed by atoms with E-state index in [4.69, 9.17) is 14.3 Å². The van der Waals surface area contributed by atoms with Crippen LogP contribution in [0.1, 0.15) is 34.0 Å². The summed E-state index contributed by atoms with van der Waals surface area (Å²) in [5.41, 5.74) is 3.42. The molecule has 0 heterocycles. The monoisotopic (exact) mass is 467 g/mol. The standard InChI is InChI=1S/C24H22BrNO4/c1-3-28-23-14-18(15-26-30-24(27)20-10-6-7-11-21(20)25)12-13-22(23)29-16-19-9-5-4-8-17(19)2/h4-15H,3,16H2,1-2H3/b26-15+. The van der Waals surface area contributed by atoms with Crippen molar-refractivity contribution in [3.8, 4) is 11.5 Å². The van der Waals surface area contributed by atoms with E-state index in [-0.39, 0.29) is 0 Å². The first-order valence-electron chi connectivity index (χ1n) is 9.52. The fraction of sp³-hybridized carbons (Fsp3) is 0.167. The Morgan fingerprint density at radius 2 is 1.77 bits per heavy atom. The van der Waals surface area contributed by atoms with Crippen molar-refractivity contribution in [3.63, 3.8) is 0 Å². The molecule has 0 aromatic heterocycles. The first kappa shape index (κ1) is 21.6. The van der Waals surface area contributed by atoms with Crippen molar-refractivity contribution in [3.05, 3.63) is 93.5 Å². The molecule has 0 bridgehead atoms. The number of oxime groups is 1. The molecule has 0 aliphatic carbocycles. The lowest BCUT2D eigenvalue weighted by Crippen LogP contribution is -2.03. The number of hydrogen-bond donors (Lipinski definition) is 0. The van der Waals surface area contributed by atoms with E-state index >= 15 is 0 Å². The SMILES string of the molecule is CCOc1cc(/C=N/OC(=O)c2ccccc2Br)ccc1OCc1ccccc1C. The van der Waals surface area contributed by atoms with Gasteiger partial charge in [-0.15, -0.1) is 0 Å². The third kappa shape index (κ3) is 5.70. The van der Waals surface area contributed by atoms with Gasteiger partial charge in [-0.25, -0.2) is 4.79 Å². The number of aryl methyl sites for hydroxylation is 1. The minimum absolute atomic E-state index is 0.407. The fourth-order valence-corrected chi connectivity index (χ4v) is 3.18. The Morgan fingerprint density at radius 1 is 1.00 bits per heavy atom. The molecule has 0 atom stereocenters. The van der Waals surface area contributed by atoms with Crippen molar-refractivity contribution in [1.29, 1.82) is 0 Å². The van der Waals surface area contributed by atoms with Gasteiger partial charge in [0.1, 0.15) is 6.61 Å². The van der Waals surface area contributed by atoms with E-state index in [9.17, 15) is 4.79 Å². The van der Waals surface area contributed by atoms with Crippen molar-refractivity contribution >= 4 is 28.1 Å². The van der Waals surface area contributed by atoms with E-state index < -0.39 is 5.97 Å². The molecule has 5 nitrogen and oxygen atoms in total. The molecule has 0 amide bonds. The third-order valence-corrected chi connectivity index (χ3v) is 5.03. The van der Waals surface area contributed by atoms with Crippen molar-refractivity contribution in [1.82, 2.24) is 0 Å². The Morgan fingerprint density at radius 3 is 2.53 bits per heavy atom. The van der Waals surface area contributed by atoms with E-state index in [1.165, 1.54) is 11.8 Å². The summed E-state index contributed by atoms with van der Waals surface area (Å²) in [7, 11) is 0. The largest absolute Gasteiger partial charge is 0.490 e. The van der Waals surface area contributed by atoms with Crippen LogP contribution in [0.5, 0.6) is 11.5 Å². The van der Waals surface area contributed by atoms with Crippen molar-refractivity contribution in [2.45, 2.75) is 20.5 Å². The van der Waals surface area contributed by atoms with E-state index in [2.05, 4.69) is 34.1 Å². The Kier molecular flexibility index (Phi) is 7.63. The van der Waals surface area contributed by atoms with Crippen LogP contribution in [0.4, 0.5) is 0 Å². The zero-order valence-corrected chi connectivity index (χ0v) is 18.4. The molecule has 0 saturated carbocycles. The van der Waals surface area contributed by atoms with E-state index in [0.717, 1.165) is 11.1 Å². The van der Waals surface area contributed by atoms with E-state index in [1.54, 1.807) is 24.3 Å². The van der Waals surface area contributed by atoms with Gasteiger partial charge in [0.05, 0.1) is 18.4 Å². The van der Waals surface area contributed by atoms with Gasteiger partial charge in [-0.3, -0.25) is 0 Å². The molecule has 3 rings (SSSR count). The number of hydrogen-bond acceptors (Lipinski definition) is 5. The number of benzene rings is 3. The minimum atomic E-state index is -0.540. The third-order valence-electron chi connectivity index (χ3n) is 4.34. The number of rotatable bonds is 8. The molecule has 0 aliphatic rings. The van der Waals surface area contributed by atoms with Gasteiger partial charge in [-0.1, -0.05) is 41.6 Å². The molecule has 3 aromatic carbocycles. The smallest absolute Gasteiger partial charge is 0.366 e. The van der Waals surface area contributed by atoms with Crippen LogP contribution >= 0.6 is 15.9 Å². The predicted octanol–water partition coefficient (Wildman–Crippen LogP) is 5.93. The topological polar surface area (TPSA) is 57.1 Å². The first-order valence-corrected chi connectivity index (χ1v) is 10.3. The van der Waals surface area contributed by atoms with Crippen LogP contribution in [0.3, 0.4) is 0 Å². The molecule has 0 aliphatic heterocycles. The normalized spacial score (nSPS) is 10.8. The number of halogens is 1. The average Bonchev–Trinajstić information content (AvgIpc) is 2.74. The maximum Gasteiger partial charge on any atom is 0.366 e. The first-order chi connectivity index (χ1) is 14.6. The van der Waals surface area contributed by atoms with E-state index in [1.807, 2.05) is 43.3 Å². The summed E-state index contributed by atoms with van der Waals surface area (Å²) in [6.45, 7) is 4.91. The summed E-state index contributed by atoms with van der Waals surface area (Å²) in [4.78, 5) is 17.1. The molecule has 3 aromatic rings. The number of carbonyl (C=O) groups excluding carboxylic acids is 1. The van der Waals surface area contributed by atoms with Crippen molar-refractivity contribution in [2.24, 2.45) is 5.16 Å². The Balaban J connectivity index is 1.68. The van der Waals surface area contributed by atoms with Gasteiger partial charge in [-0.2, -0.15) is 0 Å². The van der Waals surface area contributed by atoms with Crippen LogP contribution in [0.15, 0.2) is 76.4 Å². The van der Waals surface area contributed by atoms with Crippen molar-refractivity contribution in [2.75, 3.05) is 6.61 Å². The predicted molar refractivity (Wildman–Crippen MR) is 120 cm³/mol. The Bertz CT molecular complexity index is 1050.